The zero-order valence-electron chi connectivity index (χ0n) is 20.5. The molecule has 0 N–H and O–H groups in total. The number of benzene rings is 2. The number of hydrogen-bond donors (Lipinski definition) is 0. The van der Waals surface area contributed by atoms with Crippen LogP contribution in [0, 0.1) is 0 Å². The molecule has 5 heteroatoms. The number of aromatic nitrogens is 1. The van der Waals surface area contributed by atoms with Gasteiger partial charge in [-0.2, -0.15) is 0 Å². The molecule has 0 unspecified atom stereocenters. The number of rotatable bonds is 13. The predicted molar refractivity (Wildman–Crippen MR) is 141 cm³/mol. The maximum atomic E-state index is 13.4. The Labute approximate surface area is 204 Å². The third-order valence-corrected chi connectivity index (χ3v) is 7.79. The van der Waals surface area contributed by atoms with Gasteiger partial charge in [0.05, 0.1) is 5.75 Å². The molecule has 0 aliphatic carbocycles. The second kappa shape index (κ2) is 12.7. The molecule has 1 heterocycles. The maximum absolute atomic E-state index is 13.4. The smallest absolute Gasteiger partial charge is 0.208 e. The molecule has 0 radical (unpaired) electrons. The molecule has 1 aromatic heterocycles. The molecule has 0 saturated heterocycles. The molecule has 0 spiro atoms. The summed E-state index contributed by atoms with van der Waals surface area (Å²) in [5.74, 6) is -0.184. The lowest BCUT2D eigenvalue weighted by molar-refractivity contribution is 0.590. The Hall–Kier alpha value is -2.66. The van der Waals surface area contributed by atoms with Crippen LogP contribution in [-0.2, 0) is 28.6 Å². The van der Waals surface area contributed by atoms with Crippen LogP contribution >= 0.6 is 0 Å². The van der Waals surface area contributed by atoms with Crippen molar-refractivity contribution >= 4 is 9.84 Å². The van der Waals surface area contributed by atoms with E-state index in [1.165, 1.54) is 43.9 Å². The van der Waals surface area contributed by atoms with Crippen LogP contribution in [0.1, 0.15) is 69.9 Å². The van der Waals surface area contributed by atoms with Crippen LogP contribution in [0.2, 0.25) is 0 Å². The standard InChI is InChI=1S/C29H37NO3S/c1-3-5-6-7-8-10-14-24-17-13-18-26(20-24)27-21-30(19-4-2)22-28(29(27)31)34(32,33)23-25-15-11-9-12-16-25/h9,11-13,15-18,20-22H,3-8,10,14,19,23H2,1-2H3. The molecular weight excluding hydrogens is 442 g/mol. The van der Waals surface area contributed by atoms with Crippen LogP contribution in [0.15, 0.2) is 76.7 Å². The van der Waals surface area contributed by atoms with Gasteiger partial charge in [0, 0.05) is 24.5 Å². The third kappa shape index (κ3) is 7.17. The van der Waals surface area contributed by atoms with Gasteiger partial charge >= 0.3 is 0 Å². The Morgan fingerprint density at radius 2 is 1.47 bits per heavy atom. The summed E-state index contributed by atoms with van der Waals surface area (Å²) >= 11 is 0. The summed E-state index contributed by atoms with van der Waals surface area (Å²) in [6, 6.07) is 17.0. The van der Waals surface area contributed by atoms with Gasteiger partial charge in [-0.25, -0.2) is 8.42 Å². The van der Waals surface area contributed by atoms with Gasteiger partial charge in [-0.3, -0.25) is 4.79 Å². The van der Waals surface area contributed by atoms with Gasteiger partial charge in [0.15, 0.2) is 9.84 Å². The number of unbranched alkanes of at least 4 members (excludes halogenated alkanes) is 5. The van der Waals surface area contributed by atoms with E-state index >= 15 is 0 Å². The fourth-order valence-corrected chi connectivity index (χ4v) is 5.77. The van der Waals surface area contributed by atoms with Crippen molar-refractivity contribution in [3.05, 3.63) is 88.3 Å². The Balaban J connectivity index is 1.90. The first kappa shape index (κ1) is 26.0. The summed E-state index contributed by atoms with van der Waals surface area (Å²) in [5, 5.41) is 0. The third-order valence-electron chi connectivity index (χ3n) is 6.12. The van der Waals surface area contributed by atoms with E-state index in [1.54, 1.807) is 18.3 Å². The van der Waals surface area contributed by atoms with Crippen molar-refractivity contribution in [2.24, 2.45) is 0 Å². The van der Waals surface area contributed by atoms with Crippen LogP contribution in [0.4, 0.5) is 0 Å². The fourth-order valence-electron chi connectivity index (χ4n) is 4.29. The van der Waals surface area contributed by atoms with Crippen molar-refractivity contribution < 1.29 is 8.42 Å². The highest BCUT2D eigenvalue weighted by molar-refractivity contribution is 7.90. The Bertz CT molecular complexity index is 1210. The Morgan fingerprint density at radius 1 is 0.765 bits per heavy atom. The van der Waals surface area contributed by atoms with Crippen molar-refractivity contribution in [2.75, 3.05) is 0 Å². The highest BCUT2D eigenvalue weighted by atomic mass is 32.2. The van der Waals surface area contributed by atoms with Gasteiger partial charge in [-0.15, -0.1) is 0 Å². The molecule has 3 aromatic rings. The summed E-state index contributed by atoms with van der Waals surface area (Å²) in [4.78, 5) is 13.3. The lowest BCUT2D eigenvalue weighted by atomic mass is 10.00. The van der Waals surface area contributed by atoms with E-state index < -0.39 is 15.3 Å². The predicted octanol–water partition coefficient (Wildman–Crippen LogP) is 6.80. The number of hydrogen-bond acceptors (Lipinski definition) is 3. The summed E-state index contributed by atoms with van der Waals surface area (Å²) in [5.41, 5.74) is 2.68. The van der Waals surface area contributed by atoms with E-state index in [1.807, 2.05) is 47.9 Å². The number of aryl methyl sites for hydroxylation is 2. The Morgan fingerprint density at radius 3 is 2.21 bits per heavy atom. The molecule has 0 amide bonds. The van der Waals surface area contributed by atoms with Crippen molar-refractivity contribution in [3.8, 4) is 11.1 Å². The second-order valence-electron chi connectivity index (χ2n) is 9.07. The Kier molecular flexibility index (Phi) is 9.70. The first-order valence-corrected chi connectivity index (χ1v) is 14.2. The van der Waals surface area contributed by atoms with Crippen LogP contribution in [0.25, 0.3) is 11.1 Å². The van der Waals surface area contributed by atoms with E-state index in [0.717, 1.165) is 24.8 Å². The van der Waals surface area contributed by atoms with E-state index in [-0.39, 0.29) is 10.6 Å². The van der Waals surface area contributed by atoms with Gasteiger partial charge in [-0.05, 0) is 36.0 Å². The van der Waals surface area contributed by atoms with Crippen LogP contribution in [0.3, 0.4) is 0 Å². The molecule has 2 aromatic carbocycles. The largest absolute Gasteiger partial charge is 0.352 e. The lowest BCUT2D eigenvalue weighted by Gasteiger charge is -2.13. The summed E-state index contributed by atoms with van der Waals surface area (Å²) in [7, 11) is -3.78. The lowest BCUT2D eigenvalue weighted by Crippen LogP contribution is -2.21. The molecule has 0 bridgehead atoms. The minimum atomic E-state index is -3.78. The maximum Gasteiger partial charge on any atom is 0.208 e. The minimum absolute atomic E-state index is 0.122. The van der Waals surface area contributed by atoms with E-state index in [4.69, 9.17) is 0 Å². The van der Waals surface area contributed by atoms with Crippen LogP contribution in [0.5, 0.6) is 0 Å². The first-order valence-electron chi connectivity index (χ1n) is 12.5. The molecule has 0 aliphatic heterocycles. The average molecular weight is 480 g/mol. The molecule has 0 aliphatic rings. The molecule has 34 heavy (non-hydrogen) atoms. The molecule has 182 valence electrons. The molecule has 0 atom stereocenters. The zero-order chi connectivity index (χ0) is 24.4. The highest BCUT2D eigenvalue weighted by Crippen LogP contribution is 2.22. The van der Waals surface area contributed by atoms with Crippen molar-refractivity contribution in [2.45, 2.75) is 82.4 Å². The monoisotopic (exact) mass is 479 g/mol. The molecule has 0 saturated carbocycles. The topological polar surface area (TPSA) is 56.1 Å². The van der Waals surface area contributed by atoms with Crippen molar-refractivity contribution in [1.82, 2.24) is 4.57 Å². The molecule has 3 rings (SSSR count). The molecule has 4 nitrogen and oxygen atoms in total. The number of pyridine rings is 1. The summed E-state index contributed by atoms with van der Waals surface area (Å²) in [6.07, 6.45) is 12.5. The van der Waals surface area contributed by atoms with Gasteiger partial charge in [-0.1, -0.05) is 101 Å². The van der Waals surface area contributed by atoms with Gasteiger partial charge in [0.25, 0.3) is 0 Å². The summed E-state index contributed by atoms with van der Waals surface area (Å²) in [6.45, 7) is 4.91. The van der Waals surface area contributed by atoms with E-state index in [9.17, 15) is 13.2 Å². The second-order valence-corrected chi connectivity index (χ2v) is 11.0. The zero-order valence-corrected chi connectivity index (χ0v) is 21.3. The quantitative estimate of drug-likeness (QED) is 0.253. The van der Waals surface area contributed by atoms with Gasteiger partial charge in [0.2, 0.25) is 5.43 Å². The fraction of sp³-hybridized carbons (Fsp3) is 0.414. The van der Waals surface area contributed by atoms with Crippen molar-refractivity contribution in [1.29, 1.82) is 0 Å². The molecule has 0 fully saturated rings. The normalized spacial score (nSPS) is 11.6. The van der Waals surface area contributed by atoms with Crippen molar-refractivity contribution in [3.63, 3.8) is 0 Å². The van der Waals surface area contributed by atoms with Crippen LogP contribution in [-0.4, -0.2) is 13.0 Å². The molecular formula is C29H37NO3S. The summed E-state index contributed by atoms with van der Waals surface area (Å²) < 4.78 is 28.4. The van der Waals surface area contributed by atoms with E-state index in [0.29, 0.717) is 17.7 Å². The van der Waals surface area contributed by atoms with E-state index in [2.05, 4.69) is 13.0 Å². The van der Waals surface area contributed by atoms with Crippen LogP contribution < -0.4 is 5.43 Å². The highest BCUT2D eigenvalue weighted by Gasteiger charge is 2.22. The first-order chi connectivity index (χ1) is 16.4. The minimum Gasteiger partial charge on any atom is -0.352 e. The SMILES string of the molecule is CCCCCCCCc1cccc(-c2cn(CCC)cc(S(=O)(=O)Cc3ccccc3)c2=O)c1. The van der Waals surface area contributed by atoms with Gasteiger partial charge < -0.3 is 4.57 Å². The van der Waals surface area contributed by atoms with Gasteiger partial charge in [0.1, 0.15) is 4.90 Å². The number of nitrogens with zero attached hydrogens (tertiary/aromatic N) is 1. The average Bonchev–Trinajstić information content (AvgIpc) is 2.83. The number of sulfone groups is 1.